The molecule has 0 aliphatic heterocycles. The van der Waals surface area contributed by atoms with E-state index in [1.54, 1.807) is 19.2 Å². The monoisotopic (exact) mass is 467 g/mol. The molecular formula is C23H22ClN5O2S. The van der Waals surface area contributed by atoms with Crippen LogP contribution in [0.5, 0.6) is 5.75 Å². The van der Waals surface area contributed by atoms with Gasteiger partial charge in [0.1, 0.15) is 11.3 Å². The van der Waals surface area contributed by atoms with Gasteiger partial charge in [0.2, 0.25) is 5.91 Å². The second-order valence-electron chi connectivity index (χ2n) is 7.59. The Balaban J connectivity index is 1.62. The third kappa shape index (κ3) is 4.74. The van der Waals surface area contributed by atoms with Crippen molar-refractivity contribution in [3.63, 3.8) is 0 Å². The Morgan fingerprint density at radius 2 is 2.00 bits per heavy atom. The van der Waals surface area contributed by atoms with Gasteiger partial charge in [-0.05, 0) is 62.1 Å². The zero-order valence-electron chi connectivity index (χ0n) is 17.5. The number of benzene rings is 2. The molecule has 1 N–H and O–H groups in total. The number of amides is 1. The number of aromatic nitrogens is 3. The van der Waals surface area contributed by atoms with Crippen molar-refractivity contribution in [1.82, 2.24) is 20.1 Å². The summed E-state index contributed by atoms with van der Waals surface area (Å²) in [6.45, 7) is 0. The van der Waals surface area contributed by atoms with Crippen LogP contribution in [-0.2, 0) is 4.79 Å². The molecule has 0 bridgehead atoms. The smallest absolute Gasteiger partial charge is 0.231 e. The molecule has 1 aromatic heterocycles. The van der Waals surface area contributed by atoms with Gasteiger partial charge in [0, 0.05) is 16.3 Å². The van der Waals surface area contributed by atoms with Crippen LogP contribution in [0.4, 0.5) is 0 Å². The maximum absolute atomic E-state index is 12.6. The lowest BCUT2D eigenvalue weighted by molar-refractivity contribution is -0.119. The summed E-state index contributed by atoms with van der Waals surface area (Å²) in [4.78, 5) is 12.6. The molecule has 1 aliphatic carbocycles. The molecule has 4 rings (SSSR count). The molecule has 9 heteroatoms. The molecule has 1 saturated carbocycles. The molecule has 0 saturated heterocycles. The summed E-state index contributed by atoms with van der Waals surface area (Å²) in [7, 11) is 1.61. The standard InChI is InChI=1S/C23H22ClN5O2S/c1-31-19-6-4-5-16(13-19)21-27-28-22(29(21)18-9-7-17(24)8-10-18)32-14-20(30)26-23(15-25)11-2-3-12-23/h4-10,13H,2-3,11-12,14H2,1H3,(H,26,30). The molecule has 0 unspecified atom stereocenters. The Hall–Kier alpha value is -3.02. The number of nitrogens with zero attached hydrogens (tertiary/aromatic N) is 4. The van der Waals surface area contributed by atoms with Gasteiger partial charge in [-0.2, -0.15) is 5.26 Å². The first-order chi connectivity index (χ1) is 15.5. The van der Waals surface area contributed by atoms with E-state index in [9.17, 15) is 10.1 Å². The summed E-state index contributed by atoms with van der Waals surface area (Å²) < 4.78 is 7.23. The highest BCUT2D eigenvalue weighted by molar-refractivity contribution is 7.99. The minimum atomic E-state index is -0.743. The summed E-state index contributed by atoms with van der Waals surface area (Å²) in [5.41, 5.74) is 0.912. The van der Waals surface area contributed by atoms with Crippen molar-refractivity contribution in [3.8, 4) is 28.9 Å². The average molecular weight is 468 g/mol. The minimum Gasteiger partial charge on any atom is -0.497 e. The van der Waals surface area contributed by atoms with E-state index in [0.29, 0.717) is 34.6 Å². The minimum absolute atomic E-state index is 0.132. The van der Waals surface area contributed by atoms with Crippen LogP contribution < -0.4 is 10.1 Å². The third-order valence-electron chi connectivity index (χ3n) is 5.43. The van der Waals surface area contributed by atoms with Gasteiger partial charge < -0.3 is 10.1 Å². The number of methoxy groups -OCH3 is 1. The molecule has 0 atom stereocenters. The van der Waals surface area contributed by atoms with Gasteiger partial charge in [0.15, 0.2) is 11.0 Å². The van der Waals surface area contributed by atoms with E-state index in [0.717, 1.165) is 24.1 Å². The van der Waals surface area contributed by atoms with E-state index in [4.69, 9.17) is 16.3 Å². The highest BCUT2D eigenvalue weighted by atomic mass is 35.5. The Morgan fingerprint density at radius 3 is 2.69 bits per heavy atom. The molecule has 164 valence electrons. The van der Waals surface area contributed by atoms with Crippen LogP contribution in [0.25, 0.3) is 17.1 Å². The highest BCUT2D eigenvalue weighted by Gasteiger charge is 2.35. The number of carbonyl (C=O) groups is 1. The van der Waals surface area contributed by atoms with Crippen LogP contribution in [0.2, 0.25) is 5.02 Å². The summed E-state index contributed by atoms with van der Waals surface area (Å²) in [6, 6.07) is 17.2. The van der Waals surface area contributed by atoms with Crippen molar-refractivity contribution < 1.29 is 9.53 Å². The maximum Gasteiger partial charge on any atom is 0.231 e. The van der Waals surface area contributed by atoms with Crippen molar-refractivity contribution in [1.29, 1.82) is 5.26 Å². The van der Waals surface area contributed by atoms with E-state index < -0.39 is 5.54 Å². The summed E-state index contributed by atoms with van der Waals surface area (Å²) >= 11 is 7.35. The Bertz CT molecular complexity index is 1150. The fraction of sp³-hybridized carbons (Fsp3) is 0.304. The summed E-state index contributed by atoms with van der Waals surface area (Å²) in [5, 5.41) is 22.4. The van der Waals surface area contributed by atoms with Crippen LogP contribution in [0.15, 0.2) is 53.7 Å². The van der Waals surface area contributed by atoms with Gasteiger partial charge in [0.05, 0.1) is 18.9 Å². The molecule has 0 spiro atoms. The Labute approximate surface area is 195 Å². The number of carbonyl (C=O) groups excluding carboxylic acids is 1. The Kier molecular flexibility index (Phi) is 6.68. The fourth-order valence-electron chi connectivity index (χ4n) is 3.81. The third-order valence-corrected chi connectivity index (χ3v) is 6.61. The second-order valence-corrected chi connectivity index (χ2v) is 8.97. The van der Waals surface area contributed by atoms with Gasteiger partial charge in [-0.1, -0.05) is 35.5 Å². The average Bonchev–Trinajstić information content (AvgIpc) is 3.46. The number of hydrogen-bond acceptors (Lipinski definition) is 6. The number of rotatable bonds is 7. The molecule has 3 aromatic rings. The molecule has 1 aliphatic rings. The van der Waals surface area contributed by atoms with E-state index in [1.807, 2.05) is 41.0 Å². The predicted molar refractivity (Wildman–Crippen MR) is 124 cm³/mol. The number of halogens is 1. The number of ether oxygens (including phenoxy) is 1. The molecule has 32 heavy (non-hydrogen) atoms. The fourth-order valence-corrected chi connectivity index (χ4v) is 4.69. The first kappa shape index (κ1) is 22.2. The molecule has 7 nitrogen and oxygen atoms in total. The topological polar surface area (TPSA) is 92.8 Å². The first-order valence-electron chi connectivity index (χ1n) is 10.2. The molecule has 1 fully saturated rings. The summed E-state index contributed by atoms with van der Waals surface area (Å²) in [6.07, 6.45) is 3.30. The SMILES string of the molecule is COc1cccc(-c2nnc(SCC(=O)NC3(C#N)CCCC3)n2-c2ccc(Cl)cc2)c1. The highest BCUT2D eigenvalue weighted by Crippen LogP contribution is 2.31. The van der Waals surface area contributed by atoms with E-state index in [1.165, 1.54) is 11.8 Å². The summed E-state index contributed by atoms with van der Waals surface area (Å²) in [5.74, 6) is 1.28. The van der Waals surface area contributed by atoms with Crippen LogP contribution in [0.1, 0.15) is 25.7 Å². The van der Waals surface area contributed by atoms with Gasteiger partial charge in [-0.3, -0.25) is 9.36 Å². The van der Waals surface area contributed by atoms with Crippen LogP contribution in [0, 0.1) is 11.3 Å². The van der Waals surface area contributed by atoms with Crippen molar-refractivity contribution in [2.24, 2.45) is 0 Å². The van der Waals surface area contributed by atoms with Gasteiger partial charge in [-0.25, -0.2) is 0 Å². The quantitative estimate of drug-likeness (QED) is 0.509. The number of nitrogens with one attached hydrogen (secondary N) is 1. The van der Waals surface area contributed by atoms with Crippen molar-refractivity contribution >= 4 is 29.3 Å². The van der Waals surface area contributed by atoms with Crippen LogP contribution in [0.3, 0.4) is 0 Å². The lowest BCUT2D eigenvalue weighted by Gasteiger charge is -2.21. The molecule has 2 aromatic carbocycles. The van der Waals surface area contributed by atoms with Crippen LogP contribution in [-0.4, -0.2) is 39.1 Å². The van der Waals surface area contributed by atoms with Crippen molar-refractivity contribution in [2.75, 3.05) is 12.9 Å². The van der Waals surface area contributed by atoms with Gasteiger partial charge in [-0.15, -0.1) is 10.2 Å². The van der Waals surface area contributed by atoms with Crippen molar-refractivity contribution in [3.05, 3.63) is 53.6 Å². The van der Waals surface area contributed by atoms with E-state index in [2.05, 4.69) is 21.6 Å². The molecule has 1 heterocycles. The first-order valence-corrected chi connectivity index (χ1v) is 11.6. The normalized spacial score (nSPS) is 14.7. The van der Waals surface area contributed by atoms with Crippen molar-refractivity contribution in [2.45, 2.75) is 36.4 Å². The van der Waals surface area contributed by atoms with E-state index in [-0.39, 0.29) is 11.7 Å². The second kappa shape index (κ2) is 9.63. The van der Waals surface area contributed by atoms with Gasteiger partial charge >= 0.3 is 0 Å². The molecule has 1 amide bonds. The number of hydrogen-bond donors (Lipinski definition) is 1. The molecule has 0 radical (unpaired) electrons. The zero-order valence-corrected chi connectivity index (χ0v) is 19.1. The molecular weight excluding hydrogens is 446 g/mol. The largest absolute Gasteiger partial charge is 0.497 e. The lowest BCUT2D eigenvalue weighted by atomic mass is 10.0. The van der Waals surface area contributed by atoms with Gasteiger partial charge in [0.25, 0.3) is 0 Å². The van der Waals surface area contributed by atoms with E-state index >= 15 is 0 Å². The maximum atomic E-state index is 12.6. The van der Waals surface area contributed by atoms with Crippen LogP contribution >= 0.6 is 23.4 Å². The number of thioether (sulfide) groups is 1. The Morgan fingerprint density at radius 1 is 1.25 bits per heavy atom. The predicted octanol–water partition coefficient (Wildman–Crippen LogP) is 4.64. The lowest BCUT2D eigenvalue weighted by Crippen LogP contribution is -2.45. The zero-order chi connectivity index (χ0) is 22.6. The number of nitriles is 1.